The summed E-state index contributed by atoms with van der Waals surface area (Å²) in [5.41, 5.74) is -0.377. The van der Waals surface area contributed by atoms with Crippen LogP contribution in [0, 0.1) is 0 Å². The minimum Gasteiger partial charge on any atom is -0.460 e. The Morgan fingerprint density at radius 1 is 1.43 bits per heavy atom. The molecule has 0 amide bonds. The summed E-state index contributed by atoms with van der Waals surface area (Å²) < 4.78 is 5.15. The lowest BCUT2D eigenvalue weighted by atomic mass is 10.2. The van der Waals surface area contributed by atoms with Crippen molar-refractivity contribution in [2.75, 3.05) is 13.1 Å². The van der Waals surface area contributed by atoms with Crippen molar-refractivity contribution < 1.29 is 9.53 Å². The van der Waals surface area contributed by atoms with Gasteiger partial charge in [0.15, 0.2) is 0 Å². The molecular weight excluding hydrogens is 178 g/mol. The molecule has 0 heterocycles. The Labute approximate surface area is 86.5 Å². The van der Waals surface area contributed by atoms with Crippen LogP contribution >= 0.6 is 0 Å². The minimum absolute atomic E-state index is 0.149. The van der Waals surface area contributed by atoms with Crippen molar-refractivity contribution in [2.24, 2.45) is 0 Å². The lowest BCUT2D eigenvalue weighted by molar-refractivity contribution is -0.154. The monoisotopic (exact) mass is 199 g/mol. The smallest absolute Gasteiger partial charge is 0.307 e. The van der Waals surface area contributed by atoms with Crippen LogP contribution in [0.5, 0.6) is 0 Å². The number of hydrogen-bond acceptors (Lipinski definition) is 3. The molecule has 0 aromatic heterocycles. The van der Waals surface area contributed by atoms with E-state index in [0.717, 1.165) is 13.0 Å². The number of nitrogens with one attached hydrogen (secondary N) is 1. The second-order valence-electron chi connectivity index (χ2n) is 4.16. The highest BCUT2D eigenvalue weighted by Crippen LogP contribution is 2.07. The van der Waals surface area contributed by atoms with Crippen molar-refractivity contribution in [3.8, 4) is 0 Å². The fourth-order valence-electron chi connectivity index (χ4n) is 0.912. The summed E-state index contributed by atoms with van der Waals surface area (Å²) in [4.78, 5) is 11.2. The lowest BCUT2D eigenvalue weighted by Crippen LogP contribution is -2.27. The molecule has 0 fully saturated rings. The van der Waals surface area contributed by atoms with Crippen LogP contribution in [-0.2, 0) is 9.53 Å². The maximum absolute atomic E-state index is 11.2. The normalized spacial score (nSPS) is 11.1. The van der Waals surface area contributed by atoms with Gasteiger partial charge in [0.05, 0.1) is 6.42 Å². The molecule has 0 saturated carbocycles. The topological polar surface area (TPSA) is 38.3 Å². The Bertz CT molecular complexity index is 182. The predicted octanol–water partition coefficient (Wildman–Crippen LogP) is 1.88. The number of carbonyl (C=O) groups is 1. The zero-order valence-electron chi connectivity index (χ0n) is 9.43. The van der Waals surface area contributed by atoms with Gasteiger partial charge in [0.2, 0.25) is 0 Å². The molecular formula is C11H21NO2. The minimum atomic E-state index is -0.377. The standard InChI is InChI=1S/C11H21NO2/c1-5-6-8-12-9-7-10(13)14-11(2,3)4/h5,12H,1,6-9H2,2-4H3. The number of esters is 1. The predicted molar refractivity (Wildman–Crippen MR) is 58.1 cm³/mol. The highest BCUT2D eigenvalue weighted by molar-refractivity contribution is 5.70. The van der Waals surface area contributed by atoms with Gasteiger partial charge in [0.1, 0.15) is 5.60 Å². The van der Waals surface area contributed by atoms with Gasteiger partial charge in [-0.25, -0.2) is 0 Å². The van der Waals surface area contributed by atoms with Gasteiger partial charge in [-0.3, -0.25) is 4.79 Å². The molecule has 0 aromatic carbocycles. The summed E-state index contributed by atoms with van der Waals surface area (Å²) in [5, 5.41) is 3.13. The average Bonchev–Trinajstić information content (AvgIpc) is 2.00. The number of hydrogen-bond donors (Lipinski definition) is 1. The zero-order valence-corrected chi connectivity index (χ0v) is 9.43. The van der Waals surface area contributed by atoms with Gasteiger partial charge < -0.3 is 10.1 Å². The molecule has 3 nitrogen and oxygen atoms in total. The molecule has 0 aliphatic carbocycles. The third-order valence-electron chi connectivity index (χ3n) is 1.45. The first kappa shape index (κ1) is 13.2. The molecule has 0 spiro atoms. The first-order valence-corrected chi connectivity index (χ1v) is 4.99. The Morgan fingerprint density at radius 2 is 2.07 bits per heavy atom. The molecule has 82 valence electrons. The largest absolute Gasteiger partial charge is 0.460 e. The molecule has 0 aliphatic rings. The van der Waals surface area contributed by atoms with E-state index in [-0.39, 0.29) is 11.6 Å². The van der Waals surface area contributed by atoms with Crippen LogP contribution in [-0.4, -0.2) is 24.7 Å². The highest BCUT2D eigenvalue weighted by atomic mass is 16.6. The van der Waals surface area contributed by atoms with Gasteiger partial charge in [0, 0.05) is 6.54 Å². The van der Waals surface area contributed by atoms with Crippen LogP contribution in [0.15, 0.2) is 12.7 Å². The van der Waals surface area contributed by atoms with Gasteiger partial charge >= 0.3 is 5.97 Å². The molecule has 0 bridgehead atoms. The van der Waals surface area contributed by atoms with Crippen LogP contribution in [0.25, 0.3) is 0 Å². The highest BCUT2D eigenvalue weighted by Gasteiger charge is 2.15. The average molecular weight is 199 g/mol. The van der Waals surface area contributed by atoms with Gasteiger partial charge in [0.25, 0.3) is 0 Å². The fraction of sp³-hybridized carbons (Fsp3) is 0.727. The van der Waals surface area contributed by atoms with E-state index in [1.54, 1.807) is 0 Å². The molecule has 3 heteroatoms. The van der Waals surface area contributed by atoms with Crippen molar-refractivity contribution in [3.05, 3.63) is 12.7 Å². The van der Waals surface area contributed by atoms with E-state index in [2.05, 4.69) is 11.9 Å². The summed E-state index contributed by atoms with van der Waals surface area (Å²) >= 11 is 0. The van der Waals surface area contributed by atoms with Crippen molar-refractivity contribution >= 4 is 5.97 Å². The number of carbonyl (C=O) groups excluding carboxylic acids is 1. The van der Waals surface area contributed by atoms with Crippen LogP contribution in [0.2, 0.25) is 0 Å². The molecule has 0 rings (SSSR count). The summed E-state index contributed by atoms with van der Waals surface area (Å²) in [6, 6.07) is 0. The second kappa shape index (κ2) is 6.60. The molecule has 0 unspecified atom stereocenters. The Hall–Kier alpha value is -0.830. The SMILES string of the molecule is C=CCCNCCC(=O)OC(C)(C)C. The fourth-order valence-corrected chi connectivity index (χ4v) is 0.912. The lowest BCUT2D eigenvalue weighted by Gasteiger charge is -2.19. The van der Waals surface area contributed by atoms with Gasteiger partial charge in [-0.2, -0.15) is 0 Å². The van der Waals surface area contributed by atoms with Gasteiger partial charge in [-0.1, -0.05) is 6.08 Å². The van der Waals surface area contributed by atoms with Gasteiger partial charge in [-0.05, 0) is 33.7 Å². The number of ether oxygens (including phenoxy) is 1. The maximum atomic E-state index is 11.2. The van der Waals surface area contributed by atoms with E-state index in [0.29, 0.717) is 13.0 Å². The second-order valence-corrected chi connectivity index (χ2v) is 4.16. The van der Waals surface area contributed by atoms with E-state index in [1.165, 1.54) is 0 Å². The van der Waals surface area contributed by atoms with Crippen LogP contribution in [0.4, 0.5) is 0 Å². The maximum Gasteiger partial charge on any atom is 0.307 e. The van der Waals surface area contributed by atoms with E-state index >= 15 is 0 Å². The Morgan fingerprint density at radius 3 is 2.57 bits per heavy atom. The van der Waals surface area contributed by atoms with E-state index < -0.39 is 0 Å². The Kier molecular flexibility index (Phi) is 6.21. The molecule has 0 aliphatic heterocycles. The van der Waals surface area contributed by atoms with E-state index in [4.69, 9.17) is 4.74 Å². The number of rotatable bonds is 6. The summed E-state index contributed by atoms with van der Waals surface area (Å²) in [7, 11) is 0. The molecule has 0 radical (unpaired) electrons. The summed E-state index contributed by atoms with van der Waals surface area (Å²) in [6.07, 6.45) is 3.20. The van der Waals surface area contributed by atoms with Crippen molar-refractivity contribution in [2.45, 2.75) is 39.2 Å². The molecule has 14 heavy (non-hydrogen) atoms. The van der Waals surface area contributed by atoms with E-state index in [1.807, 2.05) is 26.8 Å². The summed E-state index contributed by atoms with van der Waals surface area (Å²) in [5.74, 6) is -0.149. The first-order valence-electron chi connectivity index (χ1n) is 4.99. The van der Waals surface area contributed by atoms with Crippen molar-refractivity contribution in [3.63, 3.8) is 0 Å². The Balaban J connectivity index is 3.41. The molecule has 0 aromatic rings. The van der Waals surface area contributed by atoms with Crippen LogP contribution in [0.3, 0.4) is 0 Å². The van der Waals surface area contributed by atoms with Crippen molar-refractivity contribution in [1.29, 1.82) is 0 Å². The van der Waals surface area contributed by atoms with Crippen molar-refractivity contribution in [1.82, 2.24) is 5.32 Å². The first-order chi connectivity index (χ1) is 6.45. The quantitative estimate of drug-likeness (QED) is 0.403. The van der Waals surface area contributed by atoms with Crippen LogP contribution in [0.1, 0.15) is 33.6 Å². The third kappa shape index (κ3) is 9.26. The molecule has 0 saturated heterocycles. The zero-order chi connectivity index (χ0) is 11.0. The van der Waals surface area contributed by atoms with Gasteiger partial charge in [-0.15, -0.1) is 6.58 Å². The molecule has 0 atom stereocenters. The van der Waals surface area contributed by atoms with Crippen LogP contribution < -0.4 is 5.32 Å². The van der Waals surface area contributed by atoms with E-state index in [9.17, 15) is 4.79 Å². The summed E-state index contributed by atoms with van der Waals surface area (Å²) in [6.45, 7) is 10.8. The third-order valence-corrected chi connectivity index (χ3v) is 1.45. The molecule has 1 N–H and O–H groups in total.